The van der Waals surface area contributed by atoms with Gasteiger partial charge in [-0.2, -0.15) is 0 Å². The van der Waals surface area contributed by atoms with Gasteiger partial charge in [0.2, 0.25) is 6.29 Å². The standard InChI is InChI=1S/C18H22O3/c1-2-3-5-8-13-11-15-16(14-9-6-4-7-10-14)17(19)21-18(15)20-12-13/h4,6-7,9-10,13,18H,2-3,5,8,11-12H2,1H3/t13?,18-/m0/s1. The molecule has 1 unspecified atom stereocenters. The Morgan fingerprint density at radius 2 is 2.00 bits per heavy atom. The zero-order valence-electron chi connectivity index (χ0n) is 12.5. The molecule has 1 saturated heterocycles. The molecule has 3 rings (SSSR count). The second-order valence-corrected chi connectivity index (χ2v) is 5.90. The maximum Gasteiger partial charge on any atom is 0.341 e. The van der Waals surface area contributed by atoms with E-state index >= 15 is 0 Å². The minimum absolute atomic E-state index is 0.240. The zero-order chi connectivity index (χ0) is 14.7. The normalized spacial score (nSPS) is 24.9. The SMILES string of the molecule is CCCCCC1CO[C@H]2OC(=O)C(c3ccccc3)=C2C1. The van der Waals surface area contributed by atoms with Crippen LogP contribution in [-0.2, 0) is 14.3 Å². The first-order chi connectivity index (χ1) is 10.3. The molecule has 3 nitrogen and oxygen atoms in total. The number of carbonyl (C=O) groups is 1. The summed E-state index contributed by atoms with van der Waals surface area (Å²) in [5.74, 6) is 0.270. The van der Waals surface area contributed by atoms with Crippen molar-refractivity contribution in [1.29, 1.82) is 0 Å². The lowest BCUT2D eigenvalue weighted by molar-refractivity contribution is -0.165. The Kier molecular flexibility index (Phi) is 4.39. The van der Waals surface area contributed by atoms with Crippen LogP contribution < -0.4 is 0 Å². The Labute approximate surface area is 125 Å². The lowest BCUT2D eigenvalue weighted by Gasteiger charge is -2.27. The van der Waals surface area contributed by atoms with E-state index in [9.17, 15) is 4.79 Å². The zero-order valence-corrected chi connectivity index (χ0v) is 12.5. The van der Waals surface area contributed by atoms with Crippen LogP contribution in [0.5, 0.6) is 0 Å². The highest BCUT2D eigenvalue weighted by Gasteiger charge is 2.39. The van der Waals surface area contributed by atoms with Crippen LogP contribution in [0.2, 0.25) is 0 Å². The van der Waals surface area contributed by atoms with E-state index in [4.69, 9.17) is 9.47 Å². The Bertz CT molecular complexity index is 533. The van der Waals surface area contributed by atoms with Crippen LogP contribution in [0, 0.1) is 5.92 Å². The number of hydrogen-bond donors (Lipinski definition) is 0. The van der Waals surface area contributed by atoms with Crippen molar-refractivity contribution in [2.24, 2.45) is 5.92 Å². The van der Waals surface area contributed by atoms with Crippen molar-refractivity contribution in [1.82, 2.24) is 0 Å². The van der Waals surface area contributed by atoms with Crippen LogP contribution in [-0.4, -0.2) is 18.9 Å². The summed E-state index contributed by atoms with van der Waals surface area (Å²) in [6, 6.07) is 9.79. The molecule has 1 fully saturated rings. The molecule has 1 aromatic carbocycles. The lowest BCUT2D eigenvalue weighted by atomic mass is 9.88. The largest absolute Gasteiger partial charge is 0.428 e. The molecule has 2 aliphatic heterocycles. The summed E-state index contributed by atoms with van der Waals surface area (Å²) >= 11 is 0. The minimum atomic E-state index is -0.449. The van der Waals surface area contributed by atoms with E-state index in [-0.39, 0.29) is 5.97 Å². The van der Waals surface area contributed by atoms with E-state index in [1.807, 2.05) is 30.3 Å². The molecular weight excluding hydrogens is 264 g/mol. The van der Waals surface area contributed by atoms with Gasteiger partial charge in [0.15, 0.2) is 0 Å². The fraction of sp³-hybridized carbons (Fsp3) is 0.500. The van der Waals surface area contributed by atoms with Crippen molar-refractivity contribution in [3.8, 4) is 0 Å². The van der Waals surface area contributed by atoms with E-state index in [0.717, 1.165) is 23.1 Å². The summed E-state index contributed by atoms with van der Waals surface area (Å²) in [6.07, 6.45) is 5.37. The Hall–Kier alpha value is -1.61. The lowest BCUT2D eigenvalue weighted by Crippen LogP contribution is -2.27. The smallest absolute Gasteiger partial charge is 0.341 e. The topological polar surface area (TPSA) is 35.5 Å². The average Bonchev–Trinajstić information content (AvgIpc) is 2.83. The molecule has 2 heterocycles. The Balaban J connectivity index is 1.80. The predicted molar refractivity (Wildman–Crippen MR) is 81.4 cm³/mol. The first-order valence-corrected chi connectivity index (χ1v) is 7.90. The van der Waals surface area contributed by atoms with Crippen molar-refractivity contribution >= 4 is 11.5 Å². The van der Waals surface area contributed by atoms with Crippen LogP contribution >= 0.6 is 0 Å². The highest BCUT2D eigenvalue weighted by Crippen LogP contribution is 2.39. The second kappa shape index (κ2) is 6.44. The molecule has 2 atom stereocenters. The molecule has 2 aliphatic rings. The molecule has 0 saturated carbocycles. The Morgan fingerprint density at radius 3 is 2.76 bits per heavy atom. The summed E-state index contributed by atoms with van der Waals surface area (Å²) in [7, 11) is 0. The molecule has 0 amide bonds. The maximum absolute atomic E-state index is 12.1. The van der Waals surface area contributed by atoms with Gasteiger partial charge in [-0.25, -0.2) is 4.79 Å². The second-order valence-electron chi connectivity index (χ2n) is 5.90. The summed E-state index contributed by atoms with van der Waals surface area (Å²) in [5, 5.41) is 0. The van der Waals surface area contributed by atoms with Crippen LogP contribution in [0.15, 0.2) is 35.9 Å². The molecular formula is C18H22O3. The van der Waals surface area contributed by atoms with Gasteiger partial charge in [-0.05, 0) is 24.3 Å². The summed E-state index contributed by atoms with van der Waals surface area (Å²) < 4.78 is 11.1. The fourth-order valence-electron chi connectivity index (χ4n) is 3.18. The number of hydrogen-bond acceptors (Lipinski definition) is 3. The van der Waals surface area contributed by atoms with Gasteiger partial charge in [-0.15, -0.1) is 0 Å². The number of esters is 1. The quantitative estimate of drug-likeness (QED) is 0.607. The van der Waals surface area contributed by atoms with Crippen molar-refractivity contribution in [2.75, 3.05) is 6.61 Å². The molecule has 3 heteroatoms. The third-order valence-corrected chi connectivity index (χ3v) is 4.29. The number of fused-ring (bicyclic) bond motifs is 1. The van der Waals surface area contributed by atoms with E-state index in [0.29, 0.717) is 12.5 Å². The van der Waals surface area contributed by atoms with E-state index in [1.54, 1.807) is 0 Å². The third kappa shape index (κ3) is 3.03. The van der Waals surface area contributed by atoms with Crippen molar-refractivity contribution in [3.05, 3.63) is 41.5 Å². The van der Waals surface area contributed by atoms with Crippen LogP contribution in [0.25, 0.3) is 5.57 Å². The summed E-state index contributed by atoms with van der Waals surface area (Å²) in [5.41, 5.74) is 2.71. The first-order valence-electron chi connectivity index (χ1n) is 7.90. The van der Waals surface area contributed by atoms with Gasteiger partial charge in [0.05, 0.1) is 12.2 Å². The molecule has 0 N–H and O–H groups in total. The molecule has 0 spiro atoms. The molecule has 0 aliphatic carbocycles. The Morgan fingerprint density at radius 1 is 1.19 bits per heavy atom. The van der Waals surface area contributed by atoms with Crippen LogP contribution in [0.3, 0.4) is 0 Å². The van der Waals surface area contributed by atoms with Crippen LogP contribution in [0.4, 0.5) is 0 Å². The van der Waals surface area contributed by atoms with Crippen molar-refractivity contribution in [3.63, 3.8) is 0 Å². The van der Waals surface area contributed by atoms with Gasteiger partial charge < -0.3 is 9.47 Å². The van der Waals surface area contributed by atoms with Gasteiger partial charge in [0, 0.05) is 5.57 Å². The van der Waals surface area contributed by atoms with E-state index < -0.39 is 6.29 Å². The van der Waals surface area contributed by atoms with Gasteiger partial charge in [0.1, 0.15) is 0 Å². The van der Waals surface area contributed by atoms with Crippen molar-refractivity contribution in [2.45, 2.75) is 45.3 Å². The summed E-state index contributed by atoms with van der Waals surface area (Å²) in [6.45, 7) is 2.92. The molecule has 0 aromatic heterocycles. The number of ether oxygens (including phenoxy) is 2. The molecule has 21 heavy (non-hydrogen) atoms. The molecule has 0 bridgehead atoms. The van der Waals surface area contributed by atoms with E-state index in [1.165, 1.54) is 25.7 Å². The highest BCUT2D eigenvalue weighted by atomic mass is 16.7. The van der Waals surface area contributed by atoms with E-state index in [2.05, 4.69) is 6.92 Å². The molecule has 0 radical (unpaired) electrons. The molecule has 112 valence electrons. The molecule has 1 aromatic rings. The fourth-order valence-corrected chi connectivity index (χ4v) is 3.18. The van der Waals surface area contributed by atoms with Gasteiger partial charge in [0.25, 0.3) is 0 Å². The van der Waals surface area contributed by atoms with Gasteiger partial charge in [-0.3, -0.25) is 0 Å². The third-order valence-electron chi connectivity index (χ3n) is 4.29. The number of unbranched alkanes of at least 4 members (excludes halogenated alkanes) is 2. The highest BCUT2D eigenvalue weighted by molar-refractivity contribution is 6.19. The monoisotopic (exact) mass is 286 g/mol. The van der Waals surface area contributed by atoms with Gasteiger partial charge in [-0.1, -0.05) is 56.5 Å². The summed E-state index contributed by atoms with van der Waals surface area (Å²) in [4.78, 5) is 12.1. The average molecular weight is 286 g/mol. The van der Waals surface area contributed by atoms with Crippen molar-refractivity contribution < 1.29 is 14.3 Å². The van der Waals surface area contributed by atoms with Gasteiger partial charge >= 0.3 is 5.97 Å². The number of rotatable bonds is 5. The minimum Gasteiger partial charge on any atom is -0.428 e. The predicted octanol–water partition coefficient (Wildman–Crippen LogP) is 3.94. The maximum atomic E-state index is 12.1. The first kappa shape index (κ1) is 14.3. The van der Waals surface area contributed by atoms with Crippen LogP contribution in [0.1, 0.15) is 44.6 Å². The number of carbonyl (C=O) groups excluding carboxylic acids is 1. The number of benzene rings is 1.